The van der Waals surface area contributed by atoms with E-state index in [-0.39, 0.29) is 5.82 Å². The molecular weight excluding hydrogens is 305 g/mol. The first kappa shape index (κ1) is 14.1. The predicted molar refractivity (Wildman–Crippen MR) is 82.0 cm³/mol. The normalized spacial score (nSPS) is 10.5. The van der Waals surface area contributed by atoms with Gasteiger partial charge in [0.15, 0.2) is 0 Å². The lowest BCUT2D eigenvalue weighted by Gasteiger charge is -2.24. The summed E-state index contributed by atoms with van der Waals surface area (Å²) in [5, 5.41) is 0. The molecule has 2 aromatic carbocycles. The average molecular weight is 322 g/mol. The molecular formula is C16H17BrFN. The lowest BCUT2D eigenvalue weighted by molar-refractivity contribution is 0.617. The highest BCUT2D eigenvalue weighted by molar-refractivity contribution is 9.10. The molecule has 1 nitrogen and oxygen atoms in total. The molecule has 0 atom stereocenters. The van der Waals surface area contributed by atoms with Gasteiger partial charge in [-0.15, -0.1) is 0 Å². The molecule has 2 rings (SSSR count). The van der Waals surface area contributed by atoms with E-state index >= 15 is 0 Å². The zero-order chi connectivity index (χ0) is 13.8. The molecule has 0 aliphatic heterocycles. The van der Waals surface area contributed by atoms with E-state index in [2.05, 4.69) is 52.9 Å². The average Bonchev–Trinajstić information content (AvgIpc) is 2.40. The van der Waals surface area contributed by atoms with Crippen LogP contribution in [0.5, 0.6) is 0 Å². The largest absolute Gasteiger partial charge is 0.367 e. The van der Waals surface area contributed by atoms with Gasteiger partial charge < -0.3 is 4.90 Å². The second kappa shape index (κ2) is 6.20. The van der Waals surface area contributed by atoms with Crippen molar-refractivity contribution >= 4 is 21.6 Å². The molecule has 100 valence electrons. The van der Waals surface area contributed by atoms with Crippen LogP contribution in [0.15, 0.2) is 46.9 Å². The van der Waals surface area contributed by atoms with Crippen LogP contribution >= 0.6 is 15.9 Å². The molecule has 0 spiro atoms. The third-order valence-electron chi connectivity index (χ3n) is 3.14. The van der Waals surface area contributed by atoms with Crippen LogP contribution in [0.1, 0.15) is 18.1 Å². The van der Waals surface area contributed by atoms with Gasteiger partial charge in [-0.1, -0.05) is 24.3 Å². The molecule has 0 bridgehead atoms. The molecule has 0 heterocycles. The number of hydrogen-bond donors (Lipinski definition) is 0. The van der Waals surface area contributed by atoms with E-state index in [0.717, 1.165) is 12.1 Å². The lowest BCUT2D eigenvalue weighted by atomic mass is 10.1. The van der Waals surface area contributed by atoms with E-state index in [1.165, 1.54) is 17.3 Å². The summed E-state index contributed by atoms with van der Waals surface area (Å²) in [5.74, 6) is -0.210. The van der Waals surface area contributed by atoms with Gasteiger partial charge in [-0.3, -0.25) is 0 Å². The summed E-state index contributed by atoms with van der Waals surface area (Å²) in [6.07, 6.45) is 0. The summed E-state index contributed by atoms with van der Waals surface area (Å²) >= 11 is 3.32. The topological polar surface area (TPSA) is 3.24 Å². The first-order chi connectivity index (χ1) is 9.11. The van der Waals surface area contributed by atoms with E-state index in [1.807, 2.05) is 12.1 Å². The zero-order valence-electron chi connectivity index (χ0n) is 11.2. The Morgan fingerprint density at radius 3 is 2.58 bits per heavy atom. The lowest BCUT2D eigenvalue weighted by Crippen LogP contribution is -2.22. The minimum absolute atomic E-state index is 0.210. The summed E-state index contributed by atoms with van der Waals surface area (Å²) in [4.78, 5) is 2.23. The van der Waals surface area contributed by atoms with Crippen LogP contribution in [-0.2, 0) is 6.54 Å². The van der Waals surface area contributed by atoms with Gasteiger partial charge in [0.1, 0.15) is 5.82 Å². The Bertz CT molecular complexity index is 568. The van der Waals surface area contributed by atoms with Gasteiger partial charge in [-0.25, -0.2) is 4.39 Å². The molecule has 0 radical (unpaired) electrons. The van der Waals surface area contributed by atoms with Crippen LogP contribution in [0.2, 0.25) is 0 Å². The number of nitrogens with zero attached hydrogens (tertiary/aromatic N) is 1. The van der Waals surface area contributed by atoms with Crippen molar-refractivity contribution in [1.29, 1.82) is 0 Å². The summed E-state index contributed by atoms with van der Waals surface area (Å²) in [5.41, 5.74) is 3.36. The molecule has 0 aromatic heterocycles. The second-order valence-electron chi connectivity index (χ2n) is 4.57. The first-order valence-corrected chi connectivity index (χ1v) is 7.15. The summed E-state index contributed by atoms with van der Waals surface area (Å²) in [6.45, 7) is 5.76. The van der Waals surface area contributed by atoms with Crippen molar-refractivity contribution in [2.45, 2.75) is 20.4 Å². The number of hydrogen-bond acceptors (Lipinski definition) is 1. The van der Waals surface area contributed by atoms with Crippen LogP contribution in [-0.4, -0.2) is 6.54 Å². The van der Waals surface area contributed by atoms with Gasteiger partial charge in [0, 0.05) is 18.8 Å². The van der Waals surface area contributed by atoms with Crippen molar-refractivity contribution < 1.29 is 4.39 Å². The van der Waals surface area contributed by atoms with Crippen molar-refractivity contribution in [3.63, 3.8) is 0 Å². The molecule has 0 N–H and O–H groups in total. The molecule has 0 saturated carbocycles. The van der Waals surface area contributed by atoms with Crippen LogP contribution in [0.4, 0.5) is 10.1 Å². The summed E-state index contributed by atoms with van der Waals surface area (Å²) in [7, 11) is 0. The standard InChI is InChI=1S/C16H17BrFN/c1-3-19(14-8-4-6-12(2)10-14)11-13-7-5-9-15(18)16(13)17/h4-10H,3,11H2,1-2H3. The predicted octanol–water partition coefficient (Wildman–Crippen LogP) is 4.92. The Morgan fingerprint density at radius 2 is 1.89 bits per heavy atom. The van der Waals surface area contributed by atoms with E-state index in [4.69, 9.17) is 0 Å². The Hall–Kier alpha value is -1.35. The van der Waals surface area contributed by atoms with E-state index in [9.17, 15) is 4.39 Å². The smallest absolute Gasteiger partial charge is 0.137 e. The van der Waals surface area contributed by atoms with Crippen molar-refractivity contribution in [2.24, 2.45) is 0 Å². The molecule has 3 heteroatoms. The van der Waals surface area contributed by atoms with E-state index < -0.39 is 0 Å². The molecule has 0 aliphatic rings. The SMILES string of the molecule is CCN(Cc1cccc(F)c1Br)c1cccc(C)c1. The van der Waals surface area contributed by atoms with Crippen molar-refractivity contribution in [3.05, 3.63) is 63.9 Å². The zero-order valence-corrected chi connectivity index (χ0v) is 12.7. The minimum Gasteiger partial charge on any atom is -0.367 e. The van der Waals surface area contributed by atoms with Crippen LogP contribution in [0.25, 0.3) is 0 Å². The van der Waals surface area contributed by atoms with Gasteiger partial charge >= 0.3 is 0 Å². The molecule has 0 aliphatic carbocycles. The Labute approximate surface area is 122 Å². The highest BCUT2D eigenvalue weighted by Crippen LogP contribution is 2.24. The number of anilines is 1. The van der Waals surface area contributed by atoms with E-state index in [1.54, 1.807) is 6.07 Å². The Kier molecular flexibility index (Phi) is 4.59. The number of aryl methyl sites for hydroxylation is 1. The van der Waals surface area contributed by atoms with Crippen LogP contribution in [0.3, 0.4) is 0 Å². The number of rotatable bonds is 4. The van der Waals surface area contributed by atoms with Gasteiger partial charge in [0.25, 0.3) is 0 Å². The number of benzene rings is 2. The fraction of sp³-hybridized carbons (Fsp3) is 0.250. The molecule has 0 saturated heterocycles. The monoisotopic (exact) mass is 321 g/mol. The highest BCUT2D eigenvalue weighted by atomic mass is 79.9. The molecule has 0 amide bonds. The highest BCUT2D eigenvalue weighted by Gasteiger charge is 2.10. The molecule has 0 unspecified atom stereocenters. The van der Waals surface area contributed by atoms with Gasteiger partial charge in [0.05, 0.1) is 4.47 Å². The molecule has 2 aromatic rings. The summed E-state index contributed by atoms with van der Waals surface area (Å²) in [6, 6.07) is 13.5. The maximum atomic E-state index is 13.5. The first-order valence-electron chi connectivity index (χ1n) is 6.36. The van der Waals surface area contributed by atoms with Crippen molar-refractivity contribution in [1.82, 2.24) is 0 Å². The van der Waals surface area contributed by atoms with Crippen LogP contribution in [0, 0.1) is 12.7 Å². The Balaban J connectivity index is 2.26. The third kappa shape index (κ3) is 3.35. The fourth-order valence-corrected chi connectivity index (χ4v) is 2.48. The van der Waals surface area contributed by atoms with Crippen LogP contribution < -0.4 is 4.90 Å². The van der Waals surface area contributed by atoms with Crippen molar-refractivity contribution in [3.8, 4) is 0 Å². The fourth-order valence-electron chi connectivity index (χ4n) is 2.09. The maximum absolute atomic E-state index is 13.5. The maximum Gasteiger partial charge on any atom is 0.137 e. The van der Waals surface area contributed by atoms with Gasteiger partial charge in [0.2, 0.25) is 0 Å². The van der Waals surface area contributed by atoms with E-state index in [0.29, 0.717) is 11.0 Å². The number of halogens is 2. The van der Waals surface area contributed by atoms with Crippen molar-refractivity contribution in [2.75, 3.05) is 11.4 Å². The van der Waals surface area contributed by atoms with Gasteiger partial charge in [-0.05, 0) is 59.1 Å². The quantitative estimate of drug-likeness (QED) is 0.772. The molecule has 0 fully saturated rings. The third-order valence-corrected chi connectivity index (χ3v) is 4.03. The molecule has 19 heavy (non-hydrogen) atoms. The summed E-state index contributed by atoms with van der Waals surface area (Å²) < 4.78 is 14.1. The van der Waals surface area contributed by atoms with Gasteiger partial charge in [-0.2, -0.15) is 0 Å². The minimum atomic E-state index is -0.210. The Morgan fingerprint density at radius 1 is 1.16 bits per heavy atom. The second-order valence-corrected chi connectivity index (χ2v) is 5.36.